The van der Waals surface area contributed by atoms with E-state index in [1.807, 2.05) is 0 Å². The van der Waals surface area contributed by atoms with Gasteiger partial charge in [-0.25, -0.2) is 0 Å². The second kappa shape index (κ2) is 10.6. The van der Waals surface area contributed by atoms with Gasteiger partial charge in [0.05, 0.1) is 6.04 Å². The highest BCUT2D eigenvalue weighted by Gasteiger charge is 2.38. The first-order chi connectivity index (χ1) is 13.0. The van der Waals surface area contributed by atoms with Gasteiger partial charge in [-0.2, -0.15) is 0 Å². The number of rotatable bonds is 10. The van der Waals surface area contributed by atoms with Crippen LogP contribution >= 0.6 is 0 Å². The summed E-state index contributed by atoms with van der Waals surface area (Å²) < 4.78 is 0. The lowest BCUT2D eigenvalue weighted by atomic mass is 10.0. The third-order valence-electron chi connectivity index (χ3n) is 4.53. The van der Waals surface area contributed by atoms with Crippen molar-refractivity contribution >= 4 is 29.7 Å². The normalized spacial score (nSPS) is 18.4. The molecule has 1 aliphatic rings. The molecule has 1 aliphatic heterocycles. The van der Waals surface area contributed by atoms with Gasteiger partial charge in [-0.15, -0.1) is 0 Å². The summed E-state index contributed by atoms with van der Waals surface area (Å²) in [5.41, 5.74) is 5.79. The van der Waals surface area contributed by atoms with E-state index in [0.717, 1.165) is 0 Å². The van der Waals surface area contributed by atoms with E-state index in [2.05, 4.69) is 10.6 Å². The average Bonchev–Trinajstić information content (AvgIpc) is 3.11. The van der Waals surface area contributed by atoms with Crippen molar-refractivity contribution in [3.05, 3.63) is 0 Å². The van der Waals surface area contributed by atoms with Gasteiger partial charge in [0.15, 0.2) is 0 Å². The molecular formula is C17H28N4O7. The molecule has 0 radical (unpaired) electrons. The van der Waals surface area contributed by atoms with Crippen LogP contribution in [0.2, 0.25) is 0 Å². The minimum absolute atomic E-state index is 0.148. The number of carbonyl (C=O) groups is 5. The summed E-state index contributed by atoms with van der Waals surface area (Å²) in [5.74, 6) is -4.29. The molecule has 0 aliphatic carbocycles. The Morgan fingerprint density at radius 3 is 2.32 bits per heavy atom. The number of nitrogens with one attached hydrogen (secondary N) is 2. The number of hydrogen-bond acceptors (Lipinski definition) is 6. The van der Waals surface area contributed by atoms with E-state index in [1.54, 1.807) is 13.8 Å². The van der Waals surface area contributed by atoms with Crippen LogP contribution < -0.4 is 16.4 Å². The average molecular weight is 400 g/mol. The molecule has 1 fully saturated rings. The number of carboxylic acids is 2. The highest BCUT2D eigenvalue weighted by molar-refractivity contribution is 5.94. The van der Waals surface area contributed by atoms with Crippen LogP contribution in [0, 0.1) is 5.92 Å². The molecule has 6 N–H and O–H groups in total. The predicted molar refractivity (Wildman–Crippen MR) is 97.0 cm³/mol. The number of hydrogen-bond donors (Lipinski definition) is 5. The molecule has 158 valence electrons. The lowest BCUT2D eigenvalue weighted by molar-refractivity contribution is -0.143. The van der Waals surface area contributed by atoms with E-state index in [4.69, 9.17) is 15.9 Å². The molecule has 11 heteroatoms. The summed E-state index contributed by atoms with van der Waals surface area (Å²) >= 11 is 0. The Hall–Kier alpha value is -2.69. The Labute approximate surface area is 162 Å². The maximum atomic E-state index is 12.9. The van der Waals surface area contributed by atoms with E-state index >= 15 is 0 Å². The number of nitrogens with zero attached hydrogens (tertiary/aromatic N) is 1. The summed E-state index contributed by atoms with van der Waals surface area (Å²) in [5, 5.41) is 22.3. The van der Waals surface area contributed by atoms with Crippen molar-refractivity contribution in [3.8, 4) is 0 Å². The zero-order chi connectivity index (χ0) is 21.4. The first-order valence-electron chi connectivity index (χ1n) is 9.12. The van der Waals surface area contributed by atoms with Crippen molar-refractivity contribution in [1.82, 2.24) is 15.5 Å². The van der Waals surface area contributed by atoms with Gasteiger partial charge in [-0.05, 0) is 25.2 Å². The van der Waals surface area contributed by atoms with Crippen LogP contribution in [-0.4, -0.2) is 76.0 Å². The molecule has 0 aromatic carbocycles. The summed E-state index contributed by atoms with van der Waals surface area (Å²) in [6, 6.07) is -2.87. The van der Waals surface area contributed by atoms with Gasteiger partial charge in [0.1, 0.15) is 18.6 Å². The van der Waals surface area contributed by atoms with Crippen molar-refractivity contribution < 1.29 is 34.2 Å². The number of carboxylic acid groups (broad SMARTS) is 2. The molecule has 1 saturated heterocycles. The first-order valence-corrected chi connectivity index (χ1v) is 9.12. The van der Waals surface area contributed by atoms with Gasteiger partial charge in [0, 0.05) is 13.0 Å². The standard InChI is InChI=1S/C17H28N4O7/c1-9(2)14(18)16(27)20-10(5-6-12(22)23)17(28)21-7-3-4-11(21)15(26)19-8-13(24)25/h9-11,14H,3-8,18H2,1-2H3,(H,19,26)(H,20,27)(H,22,23)(H,24,25). The van der Waals surface area contributed by atoms with Gasteiger partial charge in [0.25, 0.3) is 0 Å². The molecule has 28 heavy (non-hydrogen) atoms. The van der Waals surface area contributed by atoms with E-state index in [9.17, 15) is 24.0 Å². The molecule has 0 spiro atoms. The van der Waals surface area contributed by atoms with Crippen LogP contribution in [0.4, 0.5) is 0 Å². The van der Waals surface area contributed by atoms with Crippen molar-refractivity contribution in [2.75, 3.05) is 13.1 Å². The Morgan fingerprint density at radius 2 is 1.79 bits per heavy atom. The van der Waals surface area contributed by atoms with Crippen LogP contribution in [-0.2, 0) is 24.0 Å². The summed E-state index contributed by atoms with van der Waals surface area (Å²) in [6.07, 6.45) is 0.381. The third-order valence-corrected chi connectivity index (χ3v) is 4.53. The van der Waals surface area contributed by atoms with Crippen molar-refractivity contribution in [3.63, 3.8) is 0 Å². The van der Waals surface area contributed by atoms with Crippen molar-refractivity contribution in [2.45, 2.75) is 57.7 Å². The Morgan fingerprint density at radius 1 is 1.14 bits per heavy atom. The summed E-state index contributed by atoms with van der Waals surface area (Å²) in [7, 11) is 0. The lowest BCUT2D eigenvalue weighted by Gasteiger charge is -2.29. The van der Waals surface area contributed by atoms with Crippen LogP contribution in [0.1, 0.15) is 39.5 Å². The number of amides is 3. The molecule has 1 rings (SSSR count). The van der Waals surface area contributed by atoms with Crippen LogP contribution in [0.5, 0.6) is 0 Å². The molecule has 0 aromatic heterocycles. The van der Waals surface area contributed by atoms with Crippen molar-refractivity contribution in [1.29, 1.82) is 0 Å². The molecule has 3 atom stereocenters. The highest BCUT2D eigenvalue weighted by atomic mass is 16.4. The maximum Gasteiger partial charge on any atom is 0.322 e. The number of carbonyl (C=O) groups excluding carboxylic acids is 3. The smallest absolute Gasteiger partial charge is 0.322 e. The number of nitrogens with two attached hydrogens (primary N) is 1. The zero-order valence-corrected chi connectivity index (χ0v) is 16.0. The number of likely N-dealkylation sites (tertiary alicyclic amines) is 1. The van der Waals surface area contributed by atoms with E-state index < -0.39 is 54.3 Å². The Balaban J connectivity index is 2.90. The summed E-state index contributed by atoms with van der Waals surface area (Å²) in [4.78, 5) is 60.2. The molecule has 0 bridgehead atoms. The fourth-order valence-electron chi connectivity index (χ4n) is 2.88. The van der Waals surface area contributed by atoms with Crippen molar-refractivity contribution in [2.24, 2.45) is 11.7 Å². The van der Waals surface area contributed by atoms with Crippen LogP contribution in [0.25, 0.3) is 0 Å². The topological polar surface area (TPSA) is 179 Å². The summed E-state index contributed by atoms with van der Waals surface area (Å²) in [6.45, 7) is 3.16. The highest BCUT2D eigenvalue weighted by Crippen LogP contribution is 2.20. The minimum atomic E-state index is -1.21. The van der Waals surface area contributed by atoms with Gasteiger partial charge >= 0.3 is 11.9 Å². The first kappa shape index (κ1) is 23.3. The molecule has 0 aromatic rings. The third kappa shape index (κ3) is 6.80. The van der Waals surface area contributed by atoms with Crippen LogP contribution in [0.3, 0.4) is 0 Å². The molecule has 3 unspecified atom stereocenters. The van der Waals surface area contributed by atoms with Crippen LogP contribution in [0.15, 0.2) is 0 Å². The molecule has 1 heterocycles. The maximum absolute atomic E-state index is 12.9. The number of aliphatic carboxylic acids is 2. The predicted octanol–water partition coefficient (Wildman–Crippen LogP) is -1.49. The van der Waals surface area contributed by atoms with Gasteiger partial charge in [-0.1, -0.05) is 13.8 Å². The monoisotopic (exact) mass is 400 g/mol. The Kier molecular flexibility index (Phi) is 8.83. The second-order valence-electron chi connectivity index (χ2n) is 7.06. The van der Waals surface area contributed by atoms with Gasteiger partial charge in [0.2, 0.25) is 17.7 Å². The van der Waals surface area contributed by atoms with E-state index in [0.29, 0.717) is 12.8 Å². The second-order valence-corrected chi connectivity index (χ2v) is 7.06. The molecule has 0 saturated carbocycles. The van der Waals surface area contributed by atoms with Gasteiger partial charge < -0.3 is 31.5 Å². The molecular weight excluding hydrogens is 372 g/mol. The van der Waals surface area contributed by atoms with E-state index in [1.165, 1.54) is 4.90 Å². The fraction of sp³-hybridized carbons (Fsp3) is 0.706. The van der Waals surface area contributed by atoms with Gasteiger partial charge in [-0.3, -0.25) is 24.0 Å². The zero-order valence-electron chi connectivity index (χ0n) is 16.0. The fourth-order valence-corrected chi connectivity index (χ4v) is 2.88. The quantitative estimate of drug-likeness (QED) is 0.294. The molecule has 3 amide bonds. The lowest BCUT2D eigenvalue weighted by Crippen LogP contribution is -2.56. The largest absolute Gasteiger partial charge is 0.481 e. The van der Waals surface area contributed by atoms with E-state index in [-0.39, 0.29) is 25.3 Å². The SMILES string of the molecule is CC(C)C(N)C(=O)NC(CCC(=O)O)C(=O)N1CCCC1C(=O)NCC(=O)O. The Bertz CT molecular complexity index is 623. The molecule has 11 nitrogen and oxygen atoms in total. The minimum Gasteiger partial charge on any atom is -0.481 e.